The highest BCUT2D eigenvalue weighted by Crippen LogP contribution is 2.24. The van der Waals surface area contributed by atoms with Gasteiger partial charge >= 0.3 is 0 Å². The van der Waals surface area contributed by atoms with E-state index in [2.05, 4.69) is 24.4 Å². The Hall–Kier alpha value is -1.13. The van der Waals surface area contributed by atoms with E-state index in [-0.39, 0.29) is 23.9 Å². The molecule has 1 heterocycles. The van der Waals surface area contributed by atoms with E-state index in [1.54, 1.807) is 11.3 Å². The molecular formula is C13H18N2OS. The van der Waals surface area contributed by atoms with Crippen LogP contribution in [0.4, 0.5) is 0 Å². The van der Waals surface area contributed by atoms with Crippen molar-refractivity contribution in [3.05, 3.63) is 34.0 Å². The summed E-state index contributed by atoms with van der Waals surface area (Å²) < 4.78 is 0. The van der Waals surface area contributed by atoms with E-state index < -0.39 is 0 Å². The second-order valence-corrected chi connectivity index (χ2v) is 5.89. The molecule has 0 aliphatic heterocycles. The topological polar surface area (TPSA) is 55.1 Å². The van der Waals surface area contributed by atoms with Crippen molar-refractivity contribution in [2.24, 2.45) is 11.7 Å². The number of carbonyl (C=O) groups excluding carboxylic acids is 1. The number of nitrogens with one attached hydrogen (secondary N) is 1. The van der Waals surface area contributed by atoms with Gasteiger partial charge in [0.15, 0.2) is 0 Å². The fourth-order valence-corrected chi connectivity index (χ4v) is 2.88. The Balaban J connectivity index is 1.93. The Morgan fingerprint density at radius 1 is 1.53 bits per heavy atom. The molecule has 3 nitrogen and oxygen atoms in total. The molecule has 0 spiro atoms. The lowest BCUT2D eigenvalue weighted by atomic mass is 10.1. The predicted octanol–water partition coefficient (Wildman–Crippen LogP) is 2.14. The second kappa shape index (κ2) is 5.02. The molecule has 3 N–H and O–H groups in total. The summed E-state index contributed by atoms with van der Waals surface area (Å²) in [6, 6.07) is 4.26. The van der Waals surface area contributed by atoms with Crippen LogP contribution in [0.15, 0.2) is 24.3 Å². The number of aryl methyl sites for hydroxylation is 1. The zero-order valence-electron chi connectivity index (χ0n) is 10.1. The Kier molecular flexibility index (Phi) is 3.64. The minimum atomic E-state index is -0.0616. The number of thiophene rings is 1. The number of amides is 1. The van der Waals surface area contributed by atoms with E-state index in [1.807, 2.05) is 19.1 Å². The molecule has 1 amide bonds. The number of rotatable bonds is 3. The van der Waals surface area contributed by atoms with Crippen LogP contribution in [0.3, 0.4) is 0 Å². The van der Waals surface area contributed by atoms with Crippen LogP contribution in [-0.2, 0) is 4.79 Å². The summed E-state index contributed by atoms with van der Waals surface area (Å²) in [7, 11) is 0. The summed E-state index contributed by atoms with van der Waals surface area (Å²) >= 11 is 1.72. The fraction of sp³-hybridized carbons (Fsp3) is 0.462. The Morgan fingerprint density at radius 2 is 2.29 bits per heavy atom. The molecule has 1 aliphatic rings. The average molecular weight is 250 g/mol. The van der Waals surface area contributed by atoms with Gasteiger partial charge in [0.2, 0.25) is 5.91 Å². The van der Waals surface area contributed by atoms with Gasteiger partial charge in [-0.2, -0.15) is 0 Å². The summed E-state index contributed by atoms with van der Waals surface area (Å²) in [5.74, 6) is 0.0151. The molecule has 0 fully saturated rings. The number of carbonyl (C=O) groups is 1. The van der Waals surface area contributed by atoms with Crippen molar-refractivity contribution in [1.82, 2.24) is 5.32 Å². The molecule has 92 valence electrons. The molecule has 1 aromatic heterocycles. The van der Waals surface area contributed by atoms with Crippen LogP contribution in [0.25, 0.3) is 0 Å². The molecule has 4 heteroatoms. The third-order valence-corrected chi connectivity index (χ3v) is 4.18. The Bertz CT molecular complexity index is 438. The molecule has 2 rings (SSSR count). The molecular weight excluding hydrogens is 232 g/mol. The van der Waals surface area contributed by atoms with E-state index in [1.165, 1.54) is 9.75 Å². The first-order valence-electron chi connectivity index (χ1n) is 5.87. The van der Waals surface area contributed by atoms with E-state index in [0.717, 1.165) is 6.42 Å². The van der Waals surface area contributed by atoms with Crippen LogP contribution in [0.5, 0.6) is 0 Å². The van der Waals surface area contributed by atoms with Gasteiger partial charge in [-0.05, 0) is 32.4 Å². The normalized spacial score (nSPS) is 24.9. The maximum absolute atomic E-state index is 12.0. The quantitative estimate of drug-likeness (QED) is 0.808. The molecule has 0 saturated carbocycles. The van der Waals surface area contributed by atoms with Gasteiger partial charge in [0, 0.05) is 15.8 Å². The minimum Gasteiger partial charge on any atom is -0.348 e. The van der Waals surface area contributed by atoms with Crippen LogP contribution in [0.2, 0.25) is 0 Å². The highest BCUT2D eigenvalue weighted by molar-refractivity contribution is 7.12. The monoisotopic (exact) mass is 250 g/mol. The smallest absolute Gasteiger partial charge is 0.227 e. The number of nitrogens with two attached hydrogens (primary N) is 1. The lowest BCUT2D eigenvalue weighted by molar-refractivity contribution is -0.124. The number of hydrogen-bond donors (Lipinski definition) is 2. The van der Waals surface area contributed by atoms with Crippen molar-refractivity contribution < 1.29 is 4.79 Å². The van der Waals surface area contributed by atoms with Crippen LogP contribution < -0.4 is 11.1 Å². The SMILES string of the molecule is Cc1ccc(C(C)NC(=O)C2C=CC(N)C2)s1. The largest absolute Gasteiger partial charge is 0.348 e. The van der Waals surface area contributed by atoms with Gasteiger partial charge in [-0.25, -0.2) is 0 Å². The standard InChI is InChI=1S/C13H18N2OS/c1-8-3-6-12(17-8)9(2)15-13(16)10-4-5-11(14)7-10/h3-6,9-11H,7,14H2,1-2H3,(H,15,16). The minimum absolute atomic E-state index is 0.0324. The highest BCUT2D eigenvalue weighted by atomic mass is 32.1. The van der Waals surface area contributed by atoms with Gasteiger partial charge < -0.3 is 11.1 Å². The van der Waals surface area contributed by atoms with Crippen LogP contribution in [0.1, 0.15) is 29.1 Å². The van der Waals surface area contributed by atoms with Gasteiger partial charge in [-0.1, -0.05) is 12.2 Å². The predicted molar refractivity (Wildman–Crippen MR) is 70.8 cm³/mol. The first-order chi connectivity index (χ1) is 8.06. The van der Waals surface area contributed by atoms with E-state index in [4.69, 9.17) is 5.73 Å². The van der Waals surface area contributed by atoms with Gasteiger partial charge in [-0.3, -0.25) is 4.79 Å². The molecule has 3 atom stereocenters. The summed E-state index contributed by atoms with van der Waals surface area (Å²) in [5, 5.41) is 3.04. The maximum atomic E-state index is 12.0. The Labute approximate surface area is 106 Å². The van der Waals surface area contributed by atoms with Gasteiger partial charge in [-0.15, -0.1) is 11.3 Å². The van der Waals surface area contributed by atoms with Gasteiger partial charge in [0.05, 0.1) is 12.0 Å². The lowest BCUT2D eigenvalue weighted by Gasteiger charge is -2.15. The van der Waals surface area contributed by atoms with Crippen molar-refractivity contribution in [2.75, 3.05) is 0 Å². The van der Waals surface area contributed by atoms with E-state index >= 15 is 0 Å². The van der Waals surface area contributed by atoms with Gasteiger partial charge in [0.25, 0.3) is 0 Å². The van der Waals surface area contributed by atoms with Crippen molar-refractivity contribution >= 4 is 17.2 Å². The zero-order chi connectivity index (χ0) is 12.4. The zero-order valence-corrected chi connectivity index (χ0v) is 11.0. The lowest BCUT2D eigenvalue weighted by Crippen LogP contribution is -2.32. The second-order valence-electron chi connectivity index (χ2n) is 4.57. The summed E-state index contributed by atoms with van der Waals surface area (Å²) in [6.45, 7) is 4.09. The molecule has 17 heavy (non-hydrogen) atoms. The van der Waals surface area contributed by atoms with Crippen molar-refractivity contribution in [2.45, 2.75) is 32.4 Å². The molecule has 0 bridgehead atoms. The van der Waals surface area contributed by atoms with Crippen LogP contribution in [0, 0.1) is 12.8 Å². The van der Waals surface area contributed by atoms with Gasteiger partial charge in [0.1, 0.15) is 0 Å². The average Bonchev–Trinajstić information content (AvgIpc) is 2.87. The van der Waals surface area contributed by atoms with Crippen LogP contribution >= 0.6 is 11.3 Å². The molecule has 3 unspecified atom stereocenters. The third kappa shape index (κ3) is 2.96. The van der Waals surface area contributed by atoms with E-state index in [0.29, 0.717) is 0 Å². The molecule has 1 aromatic rings. The van der Waals surface area contributed by atoms with E-state index in [9.17, 15) is 4.79 Å². The molecule has 1 aliphatic carbocycles. The summed E-state index contributed by atoms with van der Waals surface area (Å²) in [4.78, 5) is 14.4. The highest BCUT2D eigenvalue weighted by Gasteiger charge is 2.24. The van der Waals surface area contributed by atoms with Crippen LogP contribution in [-0.4, -0.2) is 11.9 Å². The molecule has 0 saturated heterocycles. The van der Waals surface area contributed by atoms with Crippen molar-refractivity contribution in [3.8, 4) is 0 Å². The summed E-state index contributed by atoms with van der Waals surface area (Å²) in [5.41, 5.74) is 5.74. The third-order valence-electron chi connectivity index (χ3n) is 3.00. The molecule has 0 aromatic carbocycles. The maximum Gasteiger partial charge on any atom is 0.227 e. The van der Waals surface area contributed by atoms with Crippen molar-refractivity contribution in [3.63, 3.8) is 0 Å². The molecule has 0 radical (unpaired) electrons. The number of hydrogen-bond acceptors (Lipinski definition) is 3. The fourth-order valence-electron chi connectivity index (χ4n) is 2.00. The first-order valence-corrected chi connectivity index (χ1v) is 6.68. The summed E-state index contributed by atoms with van der Waals surface area (Å²) in [6.07, 6.45) is 4.54. The first kappa shape index (κ1) is 12.3. The Morgan fingerprint density at radius 3 is 2.82 bits per heavy atom. The van der Waals surface area contributed by atoms with Crippen molar-refractivity contribution in [1.29, 1.82) is 0 Å².